The minimum Gasteiger partial charge on any atom is -0.482 e. The molecule has 1 aromatic rings. The fourth-order valence-electron chi connectivity index (χ4n) is 4.11. The Morgan fingerprint density at radius 3 is 2.75 bits per heavy atom. The van der Waals surface area contributed by atoms with Crippen LogP contribution in [0.3, 0.4) is 0 Å². The molecule has 2 aliphatic rings. The molecule has 0 radical (unpaired) electrons. The van der Waals surface area contributed by atoms with Crippen LogP contribution in [0, 0.1) is 18.3 Å². The number of hydrogen-bond acceptors (Lipinski definition) is 4. The van der Waals surface area contributed by atoms with Crippen LogP contribution in [0.25, 0.3) is 0 Å². The number of aliphatic carboxylic acids is 1. The van der Waals surface area contributed by atoms with Gasteiger partial charge in [0.2, 0.25) is 0 Å². The minimum atomic E-state index is -0.817. The molecule has 3 rings (SSSR count). The van der Waals surface area contributed by atoms with E-state index in [1.165, 1.54) is 4.90 Å². The highest BCUT2D eigenvalue weighted by Gasteiger charge is 2.55. The maximum absolute atomic E-state index is 12.8. The van der Waals surface area contributed by atoms with Gasteiger partial charge in [-0.1, -0.05) is 12.5 Å². The third kappa shape index (κ3) is 3.76. The number of carbonyl (C=O) groups is 3. The number of fused-ring (bicyclic) bond motifs is 1. The molecule has 2 N–H and O–H groups in total. The fraction of sp³-hybridized carbons (Fsp3) is 0.550. The summed E-state index contributed by atoms with van der Waals surface area (Å²) in [6, 6.07) is 4.98. The lowest BCUT2D eigenvalue weighted by Gasteiger charge is -2.23. The van der Waals surface area contributed by atoms with Gasteiger partial charge in [0.15, 0.2) is 6.61 Å². The van der Waals surface area contributed by atoms with Crippen molar-refractivity contribution in [2.45, 2.75) is 26.2 Å². The monoisotopic (exact) mass is 389 g/mol. The van der Waals surface area contributed by atoms with Crippen molar-refractivity contribution in [3.63, 3.8) is 0 Å². The van der Waals surface area contributed by atoms with E-state index >= 15 is 0 Å². The molecule has 28 heavy (non-hydrogen) atoms. The first kappa shape index (κ1) is 20.0. The summed E-state index contributed by atoms with van der Waals surface area (Å²) >= 11 is 0. The molecule has 152 valence electrons. The summed E-state index contributed by atoms with van der Waals surface area (Å²) in [4.78, 5) is 39.4. The van der Waals surface area contributed by atoms with Gasteiger partial charge < -0.3 is 25.0 Å². The van der Waals surface area contributed by atoms with Crippen LogP contribution in [0.4, 0.5) is 10.5 Å². The number of carbonyl (C=O) groups excluding carboxylic acids is 2. The first-order valence-electron chi connectivity index (χ1n) is 9.46. The number of carboxylic acids is 1. The molecule has 1 aliphatic heterocycles. The molecule has 3 amide bonds. The van der Waals surface area contributed by atoms with E-state index in [0.29, 0.717) is 24.4 Å². The van der Waals surface area contributed by atoms with E-state index in [4.69, 9.17) is 4.74 Å². The second kappa shape index (κ2) is 7.69. The van der Waals surface area contributed by atoms with Crippen molar-refractivity contribution in [3.05, 3.63) is 23.8 Å². The molecule has 2 fully saturated rings. The van der Waals surface area contributed by atoms with Gasteiger partial charge in [-0.05, 0) is 43.4 Å². The largest absolute Gasteiger partial charge is 0.482 e. The van der Waals surface area contributed by atoms with Gasteiger partial charge in [0, 0.05) is 27.2 Å². The Bertz CT molecular complexity index is 794. The van der Waals surface area contributed by atoms with E-state index in [-0.39, 0.29) is 31.0 Å². The van der Waals surface area contributed by atoms with Crippen LogP contribution >= 0.6 is 0 Å². The fourth-order valence-corrected chi connectivity index (χ4v) is 4.11. The van der Waals surface area contributed by atoms with Gasteiger partial charge in [0.25, 0.3) is 5.91 Å². The number of anilines is 1. The Labute approximate surface area is 164 Å². The Kier molecular flexibility index (Phi) is 5.49. The third-order valence-electron chi connectivity index (χ3n) is 5.81. The van der Waals surface area contributed by atoms with Crippen molar-refractivity contribution < 1.29 is 24.2 Å². The van der Waals surface area contributed by atoms with E-state index in [9.17, 15) is 19.5 Å². The van der Waals surface area contributed by atoms with Crippen LogP contribution in [-0.4, -0.2) is 66.6 Å². The summed E-state index contributed by atoms with van der Waals surface area (Å²) in [5, 5.41) is 12.5. The molecule has 1 aromatic carbocycles. The van der Waals surface area contributed by atoms with E-state index in [0.717, 1.165) is 18.4 Å². The predicted octanol–water partition coefficient (Wildman–Crippen LogP) is 2.18. The molecule has 8 heteroatoms. The van der Waals surface area contributed by atoms with E-state index < -0.39 is 11.4 Å². The highest BCUT2D eigenvalue weighted by molar-refractivity contribution is 5.92. The average molecular weight is 389 g/mol. The zero-order chi connectivity index (χ0) is 20.5. The number of ether oxygens (including phenoxy) is 1. The number of benzene rings is 1. The molecule has 8 nitrogen and oxygen atoms in total. The number of amides is 3. The van der Waals surface area contributed by atoms with Gasteiger partial charge in [-0.3, -0.25) is 9.59 Å². The van der Waals surface area contributed by atoms with Crippen molar-refractivity contribution >= 4 is 23.6 Å². The van der Waals surface area contributed by atoms with Gasteiger partial charge in [0.05, 0.1) is 11.1 Å². The Balaban J connectivity index is 1.71. The molecular weight excluding hydrogens is 362 g/mol. The number of nitrogens with zero attached hydrogens (tertiary/aromatic N) is 2. The second-order valence-electron chi connectivity index (χ2n) is 7.94. The number of likely N-dealkylation sites (N-methyl/N-ethyl adjacent to an activating group) is 1. The van der Waals surface area contributed by atoms with Gasteiger partial charge in [-0.25, -0.2) is 4.79 Å². The predicted molar refractivity (Wildman–Crippen MR) is 103 cm³/mol. The second-order valence-corrected chi connectivity index (χ2v) is 7.94. The van der Waals surface area contributed by atoms with Gasteiger partial charge in [0.1, 0.15) is 5.75 Å². The van der Waals surface area contributed by atoms with Crippen LogP contribution in [0.15, 0.2) is 18.2 Å². The standard InChI is InChI=1S/C20H27N3O5/c1-13-6-7-15(16(9-13)28-11-17(24)22(2)3)21-19(27)23-10-14-5-4-8-20(14,12-23)18(25)26/h6-7,9,14H,4-5,8,10-12H2,1-3H3,(H,21,27)(H,25,26)/t14-,20+/m0/s1. The van der Waals surface area contributed by atoms with E-state index in [2.05, 4.69) is 5.32 Å². The molecule has 0 bridgehead atoms. The topological polar surface area (TPSA) is 99.2 Å². The van der Waals surface area contributed by atoms with Crippen LogP contribution in [0.1, 0.15) is 24.8 Å². The maximum Gasteiger partial charge on any atom is 0.321 e. The maximum atomic E-state index is 12.8. The number of urea groups is 1. The van der Waals surface area contributed by atoms with Crippen LogP contribution < -0.4 is 10.1 Å². The lowest BCUT2D eigenvalue weighted by atomic mass is 9.81. The summed E-state index contributed by atoms with van der Waals surface area (Å²) < 4.78 is 5.62. The molecule has 1 aliphatic carbocycles. The summed E-state index contributed by atoms with van der Waals surface area (Å²) in [5.41, 5.74) is 0.580. The molecule has 1 heterocycles. The Hall–Kier alpha value is -2.77. The molecule has 1 saturated carbocycles. The van der Waals surface area contributed by atoms with Crippen molar-refractivity contribution in [2.24, 2.45) is 11.3 Å². The lowest BCUT2D eigenvalue weighted by molar-refractivity contribution is -0.149. The Morgan fingerprint density at radius 2 is 2.11 bits per heavy atom. The van der Waals surface area contributed by atoms with Crippen LogP contribution in [0.2, 0.25) is 0 Å². The third-order valence-corrected chi connectivity index (χ3v) is 5.81. The zero-order valence-corrected chi connectivity index (χ0v) is 16.5. The van der Waals surface area contributed by atoms with Crippen molar-refractivity contribution in [1.82, 2.24) is 9.80 Å². The number of nitrogens with one attached hydrogen (secondary N) is 1. The summed E-state index contributed by atoms with van der Waals surface area (Å²) in [6.07, 6.45) is 2.34. The quantitative estimate of drug-likeness (QED) is 0.804. The summed E-state index contributed by atoms with van der Waals surface area (Å²) in [6.45, 7) is 2.43. The van der Waals surface area contributed by atoms with Crippen LogP contribution in [-0.2, 0) is 9.59 Å². The van der Waals surface area contributed by atoms with Crippen LogP contribution in [0.5, 0.6) is 5.75 Å². The van der Waals surface area contributed by atoms with Gasteiger partial charge in [-0.15, -0.1) is 0 Å². The van der Waals surface area contributed by atoms with Gasteiger partial charge in [-0.2, -0.15) is 0 Å². The average Bonchev–Trinajstić information content (AvgIpc) is 3.20. The van der Waals surface area contributed by atoms with E-state index in [1.54, 1.807) is 31.1 Å². The number of aryl methyl sites for hydroxylation is 1. The molecule has 0 aromatic heterocycles. The molecule has 2 atom stereocenters. The number of likely N-dealkylation sites (tertiary alicyclic amines) is 1. The molecule has 0 unspecified atom stereocenters. The first-order valence-corrected chi connectivity index (χ1v) is 9.46. The number of carboxylic acid groups (broad SMARTS) is 1. The van der Waals surface area contributed by atoms with Crippen molar-refractivity contribution in [2.75, 3.05) is 39.1 Å². The normalized spacial score (nSPS) is 23.2. The van der Waals surface area contributed by atoms with Gasteiger partial charge >= 0.3 is 12.0 Å². The molecule has 0 spiro atoms. The number of rotatable bonds is 5. The summed E-state index contributed by atoms with van der Waals surface area (Å²) in [7, 11) is 3.29. The SMILES string of the molecule is Cc1ccc(NC(=O)N2C[C@@H]3CCC[C@@]3(C(=O)O)C2)c(OCC(=O)N(C)C)c1. The van der Waals surface area contributed by atoms with Crippen molar-refractivity contribution in [3.8, 4) is 5.75 Å². The molecular formula is C20H27N3O5. The number of hydrogen-bond donors (Lipinski definition) is 2. The molecule has 1 saturated heterocycles. The highest BCUT2D eigenvalue weighted by atomic mass is 16.5. The Morgan fingerprint density at radius 1 is 1.36 bits per heavy atom. The minimum absolute atomic E-state index is 0.00204. The first-order chi connectivity index (χ1) is 13.2. The zero-order valence-electron chi connectivity index (χ0n) is 16.5. The van der Waals surface area contributed by atoms with E-state index in [1.807, 2.05) is 13.0 Å². The summed E-state index contributed by atoms with van der Waals surface area (Å²) in [5.74, 6) is -0.584. The highest BCUT2D eigenvalue weighted by Crippen LogP contribution is 2.49. The van der Waals surface area contributed by atoms with Crippen molar-refractivity contribution in [1.29, 1.82) is 0 Å². The lowest BCUT2D eigenvalue weighted by Crippen LogP contribution is -2.38. The smallest absolute Gasteiger partial charge is 0.321 e.